The number of carbonyl (C=O) groups is 3. The van der Waals surface area contributed by atoms with Gasteiger partial charge in [0, 0.05) is 12.0 Å². The molecule has 1 aliphatic carbocycles. The van der Waals surface area contributed by atoms with Crippen LogP contribution in [-0.4, -0.2) is 48.5 Å². The van der Waals surface area contributed by atoms with Crippen LogP contribution in [0.3, 0.4) is 0 Å². The van der Waals surface area contributed by atoms with Crippen LogP contribution < -0.4 is 15.4 Å². The van der Waals surface area contributed by atoms with Crippen LogP contribution in [0.4, 0.5) is 8.78 Å². The number of nitrogens with one attached hydrogen (secondary N) is 2. The zero-order valence-electron chi connectivity index (χ0n) is 18.4. The first-order valence-corrected chi connectivity index (χ1v) is 11.7. The van der Waals surface area contributed by atoms with Crippen molar-refractivity contribution in [3.63, 3.8) is 0 Å². The monoisotopic (exact) mass is 526 g/mol. The number of alkyl halides is 2. The van der Waals surface area contributed by atoms with E-state index in [2.05, 4.69) is 15.4 Å². The third kappa shape index (κ3) is 5.58. The molecule has 186 valence electrons. The topological polar surface area (TPSA) is 93.7 Å². The maximum atomic E-state index is 13.4. The van der Waals surface area contributed by atoms with E-state index in [9.17, 15) is 23.2 Å². The van der Waals surface area contributed by atoms with E-state index in [1.54, 1.807) is 18.2 Å². The zero-order chi connectivity index (χ0) is 25.2. The van der Waals surface area contributed by atoms with Crippen molar-refractivity contribution in [3.05, 3.63) is 63.6 Å². The molecule has 0 aromatic heterocycles. The van der Waals surface area contributed by atoms with E-state index >= 15 is 0 Å². The molecular formula is C24H22Cl2F2N2O5. The van der Waals surface area contributed by atoms with Crippen LogP contribution in [0.2, 0.25) is 10.0 Å². The smallest absolute Gasteiger partial charge is 0.387 e. The van der Waals surface area contributed by atoms with Gasteiger partial charge in [-0.05, 0) is 61.2 Å². The number of amides is 2. The highest BCUT2D eigenvalue weighted by atomic mass is 35.5. The Morgan fingerprint density at radius 2 is 1.89 bits per heavy atom. The maximum absolute atomic E-state index is 13.4. The lowest BCUT2D eigenvalue weighted by molar-refractivity contribution is -0.131. The summed E-state index contributed by atoms with van der Waals surface area (Å²) in [5, 5.41) is 6.15. The van der Waals surface area contributed by atoms with E-state index in [4.69, 9.17) is 27.9 Å². The minimum absolute atomic E-state index is 0.0663. The fourth-order valence-electron chi connectivity index (χ4n) is 4.48. The number of rotatable bonds is 8. The zero-order valence-corrected chi connectivity index (χ0v) is 19.9. The van der Waals surface area contributed by atoms with Gasteiger partial charge in [0.15, 0.2) is 5.78 Å². The number of carbonyl (C=O) groups excluding carboxylic acids is 3. The quantitative estimate of drug-likeness (QED) is 0.543. The van der Waals surface area contributed by atoms with Gasteiger partial charge in [-0.2, -0.15) is 8.78 Å². The summed E-state index contributed by atoms with van der Waals surface area (Å²) in [7, 11) is 0. The predicted octanol–water partition coefficient (Wildman–Crippen LogP) is 3.94. The van der Waals surface area contributed by atoms with Crippen molar-refractivity contribution in [2.24, 2.45) is 0 Å². The second-order valence-corrected chi connectivity index (χ2v) is 9.27. The Hall–Kier alpha value is -2.75. The molecule has 1 aliphatic heterocycles. The first kappa shape index (κ1) is 25.3. The van der Waals surface area contributed by atoms with Crippen molar-refractivity contribution in [2.75, 3.05) is 6.61 Å². The van der Waals surface area contributed by atoms with Gasteiger partial charge in [-0.25, -0.2) is 0 Å². The maximum Gasteiger partial charge on any atom is 0.387 e. The molecule has 2 N–H and O–H groups in total. The summed E-state index contributed by atoms with van der Waals surface area (Å²) in [6, 6.07) is 8.85. The van der Waals surface area contributed by atoms with Crippen molar-refractivity contribution in [3.8, 4) is 5.75 Å². The second-order valence-electron chi connectivity index (χ2n) is 8.46. The van der Waals surface area contributed by atoms with E-state index in [1.807, 2.05) is 0 Å². The Bertz CT molecular complexity index is 1130. The lowest BCUT2D eigenvalue weighted by Gasteiger charge is -2.30. The van der Waals surface area contributed by atoms with Crippen LogP contribution in [0.25, 0.3) is 0 Å². The van der Waals surface area contributed by atoms with Crippen LogP contribution in [0.15, 0.2) is 42.5 Å². The summed E-state index contributed by atoms with van der Waals surface area (Å²) >= 11 is 12.1. The molecule has 2 amide bonds. The van der Waals surface area contributed by atoms with Gasteiger partial charge in [0.25, 0.3) is 5.91 Å². The van der Waals surface area contributed by atoms with Gasteiger partial charge in [0.1, 0.15) is 23.9 Å². The average Bonchev–Trinajstić information content (AvgIpc) is 3.35. The number of ketones is 1. The number of hydrogen-bond acceptors (Lipinski definition) is 5. The van der Waals surface area contributed by atoms with Crippen LogP contribution in [0, 0.1) is 0 Å². The van der Waals surface area contributed by atoms with Crippen LogP contribution >= 0.6 is 23.2 Å². The fraction of sp³-hybridized carbons (Fsp3) is 0.375. The Morgan fingerprint density at radius 1 is 1.14 bits per heavy atom. The van der Waals surface area contributed by atoms with Crippen LogP contribution in [0.5, 0.6) is 5.75 Å². The summed E-state index contributed by atoms with van der Waals surface area (Å²) < 4.78 is 34.6. The molecule has 2 fully saturated rings. The first-order chi connectivity index (χ1) is 16.7. The largest absolute Gasteiger partial charge is 0.435 e. The molecule has 2 aliphatic rings. The second kappa shape index (κ2) is 10.5. The SMILES string of the molecule is O=C(NC(Cc1ccc(Cl)c(Cl)c1)C(=O)NC12CCCC1OCC2=O)c1ccc(OC(F)F)cc1. The minimum Gasteiger partial charge on any atom is -0.435 e. The van der Waals surface area contributed by atoms with Crippen molar-refractivity contribution >= 4 is 40.8 Å². The van der Waals surface area contributed by atoms with Gasteiger partial charge in [-0.3, -0.25) is 14.4 Å². The van der Waals surface area contributed by atoms with Gasteiger partial charge in [0.2, 0.25) is 5.91 Å². The fourth-order valence-corrected chi connectivity index (χ4v) is 4.80. The molecule has 2 aromatic rings. The summed E-state index contributed by atoms with van der Waals surface area (Å²) in [6.07, 6.45) is 1.51. The van der Waals surface area contributed by atoms with Crippen LogP contribution in [0.1, 0.15) is 35.2 Å². The summed E-state index contributed by atoms with van der Waals surface area (Å²) in [5.41, 5.74) is -0.336. The molecule has 35 heavy (non-hydrogen) atoms. The van der Waals surface area contributed by atoms with Gasteiger partial charge in [-0.15, -0.1) is 0 Å². The van der Waals surface area contributed by atoms with Crippen molar-refractivity contribution < 1.29 is 32.6 Å². The third-order valence-corrected chi connectivity index (χ3v) is 6.97. The molecule has 4 rings (SSSR count). The van der Waals surface area contributed by atoms with Crippen molar-refractivity contribution in [1.82, 2.24) is 10.6 Å². The summed E-state index contributed by atoms with van der Waals surface area (Å²) in [6.45, 7) is -3.06. The average molecular weight is 527 g/mol. The van der Waals surface area contributed by atoms with E-state index in [0.29, 0.717) is 23.4 Å². The van der Waals surface area contributed by atoms with Gasteiger partial charge >= 0.3 is 6.61 Å². The van der Waals surface area contributed by atoms with Crippen molar-refractivity contribution in [1.29, 1.82) is 0 Å². The number of fused-ring (bicyclic) bond motifs is 1. The Labute approximate surface area is 210 Å². The van der Waals surface area contributed by atoms with E-state index in [0.717, 1.165) is 6.42 Å². The number of halogens is 4. The molecule has 1 heterocycles. The Morgan fingerprint density at radius 3 is 2.57 bits per heavy atom. The van der Waals surface area contributed by atoms with Crippen LogP contribution in [-0.2, 0) is 20.7 Å². The molecule has 1 saturated carbocycles. The lowest BCUT2D eigenvalue weighted by atomic mass is 9.91. The number of benzene rings is 2. The molecule has 7 nitrogen and oxygen atoms in total. The molecule has 11 heteroatoms. The molecule has 0 bridgehead atoms. The Balaban J connectivity index is 1.55. The van der Waals surface area contributed by atoms with Gasteiger partial charge in [0.05, 0.1) is 16.1 Å². The standard InChI is InChI=1S/C24H22Cl2F2N2O5/c25-16-8-3-13(10-17(16)26)11-18(22(33)30-24-9-1-2-20(24)34-12-19(24)31)29-21(32)14-4-6-15(7-5-14)35-23(27)28/h3-8,10,18,20,23H,1-2,9,11-12H2,(H,29,32)(H,30,33). The summed E-state index contributed by atoms with van der Waals surface area (Å²) in [5.74, 6) is -1.45. The Kier molecular flexibility index (Phi) is 7.59. The normalized spacial score (nSPS) is 22.1. The van der Waals surface area contributed by atoms with E-state index < -0.39 is 36.1 Å². The minimum atomic E-state index is -2.99. The number of hydrogen-bond donors (Lipinski definition) is 2. The molecule has 3 atom stereocenters. The highest BCUT2D eigenvalue weighted by Crippen LogP contribution is 2.38. The summed E-state index contributed by atoms with van der Waals surface area (Å²) in [4.78, 5) is 38.9. The first-order valence-electron chi connectivity index (χ1n) is 10.9. The van der Waals surface area contributed by atoms with Crippen molar-refractivity contribution in [2.45, 2.75) is 50.0 Å². The van der Waals surface area contributed by atoms with Gasteiger partial charge in [-0.1, -0.05) is 29.3 Å². The number of ether oxygens (including phenoxy) is 2. The molecule has 3 unspecified atom stereocenters. The predicted molar refractivity (Wildman–Crippen MR) is 124 cm³/mol. The van der Waals surface area contributed by atoms with E-state index in [1.165, 1.54) is 24.3 Å². The molecule has 2 aromatic carbocycles. The molecular weight excluding hydrogens is 505 g/mol. The molecule has 1 saturated heterocycles. The highest BCUT2D eigenvalue weighted by Gasteiger charge is 2.55. The number of Topliss-reactive ketones (excluding diaryl/α,β-unsaturated/α-hetero) is 1. The molecule has 0 radical (unpaired) electrons. The highest BCUT2D eigenvalue weighted by molar-refractivity contribution is 6.42. The third-order valence-electron chi connectivity index (χ3n) is 6.23. The molecule has 0 spiro atoms. The lowest BCUT2D eigenvalue weighted by Crippen LogP contribution is -2.60. The van der Waals surface area contributed by atoms with Gasteiger partial charge < -0.3 is 20.1 Å². The van der Waals surface area contributed by atoms with E-state index in [-0.39, 0.29) is 35.1 Å².